The van der Waals surface area contributed by atoms with Crippen molar-refractivity contribution in [3.63, 3.8) is 0 Å². The summed E-state index contributed by atoms with van der Waals surface area (Å²) in [5.41, 5.74) is 0.249. The van der Waals surface area contributed by atoms with Gasteiger partial charge in [-0.15, -0.1) is 11.8 Å². The highest BCUT2D eigenvalue weighted by Gasteiger charge is 2.52. The Labute approximate surface area is 292 Å². The third-order valence-electron chi connectivity index (χ3n) is 10.3. The first-order valence-corrected chi connectivity index (χ1v) is 19.0. The van der Waals surface area contributed by atoms with Gasteiger partial charge in [-0.1, -0.05) is 47.5 Å². The number of hydrogen-bond acceptors (Lipinski definition) is 8. The number of hydrogen-bond donors (Lipinski definition) is 1. The van der Waals surface area contributed by atoms with Crippen molar-refractivity contribution in [1.29, 1.82) is 0 Å². The first-order chi connectivity index (χ1) is 22.6. The molecule has 2 aliphatic heterocycles. The zero-order valence-corrected chi connectivity index (χ0v) is 31.4. The number of Topliss-reactive ketones (excluding diaryl/α,β-unsaturated/α-hetero) is 1. The van der Waals surface area contributed by atoms with E-state index >= 15 is 0 Å². The third kappa shape index (κ3) is 11.0. The predicted octanol–water partition coefficient (Wildman–Crippen LogP) is 4.21. The summed E-state index contributed by atoms with van der Waals surface area (Å²) in [6.45, 7) is 12.7. The van der Waals surface area contributed by atoms with E-state index in [1.165, 1.54) is 4.90 Å². The van der Waals surface area contributed by atoms with E-state index in [0.29, 0.717) is 37.8 Å². The number of piperidine rings is 1. The van der Waals surface area contributed by atoms with Crippen LogP contribution in [-0.4, -0.2) is 112 Å². The van der Waals surface area contributed by atoms with Gasteiger partial charge in [-0.25, -0.2) is 0 Å². The number of fused-ring (bicyclic) bond motifs is 1. The topological polar surface area (TPSA) is 133 Å². The van der Waals surface area contributed by atoms with Gasteiger partial charge in [-0.3, -0.25) is 33.7 Å². The molecular formula is C36H60N4O7S. The molecule has 5 amide bonds. The number of unbranched alkanes of at least 4 members (excludes halogenated alkanes) is 2. The fourth-order valence-electron chi connectivity index (χ4n) is 7.23. The van der Waals surface area contributed by atoms with E-state index in [0.717, 1.165) is 37.9 Å². The number of thioether (sulfide) groups is 1. The minimum atomic E-state index is -0.812. The highest BCUT2D eigenvalue weighted by molar-refractivity contribution is 8.00. The van der Waals surface area contributed by atoms with Crippen LogP contribution in [0.3, 0.4) is 0 Å². The van der Waals surface area contributed by atoms with Gasteiger partial charge in [0.25, 0.3) is 5.91 Å². The number of nitrogens with one attached hydrogen (secondary N) is 1. The van der Waals surface area contributed by atoms with Crippen LogP contribution in [0.4, 0.5) is 0 Å². The Morgan fingerprint density at radius 3 is 2.40 bits per heavy atom. The molecule has 7 unspecified atom stereocenters. The van der Waals surface area contributed by atoms with Crippen LogP contribution in [0.1, 0.15) is 112 Å². The van der Waals surface area contributed by atoms with Crippen molar-refractivity contribution < 1.29 is 33.5 Å². The second-order valence-corrected chi connectivity index (χ2v) is 16.6. The Morgan fingerprint density at radius 2 is 1.79 bits per heavy atom. The Kier molecular flexibility index (Phi) is 15.0. The molecule has 1 N–H and O–H groups in total. The fourth-order valence-corrected chi connectivity index (χ4v) is 8.36. The van der Waals surface area contributed by atoms with Crippen molar-refractivity contribution in [2.24, 2.45) is 17.3 Å². The summed E-state index contributed by atoms with van der Waals surface area (Å²) in [6.07, 6.45) is 6.48. The van der Waals surface area contributed by atoms with Gasteiger partial charge in [0.15, 0.2) is 0 Å². The quantitative estimate of drug-likeness (QED) is 0.114. The number of nitrogens with zero attached hydrogens (tertiary/aromatic N) is 3. The minimum absolute atomic E-state index is 0.0180. The maximum absolute atomic E-state index is 13.3. The van der Waals surface area contributed by atoms with E-state index in [2.05, 4.69) is 33.0 Å². The molecular weight excluding hydrogens is 632 g/mol. The molecule has 0 aromatic rings. The SMILES string of the molecule is CCC(C)C(C(CC(=O)N1C(C)CC2CC21)OC)N(C)C(=O)CNC(=O)C(=O)CCCCCN1C(=O)CC(SCCCC(C)(C)C)C1=O. The zero-order chi connectivity index (χ0) is 35.8. The first kappa shape index (κ1) is 40.0. The summed E-state index contributed by atoms with van der Waals surface area (Å²) in [7, 11) is 3.22. The summed E-state index contributed by atoms with van der Waals surface area (Å²) < 4.78 is 5.80. The van der Waals surface area contributed by atoms with Gasteiger partial charge in [0.1, 0.15) is 0 Å². The molecule has 7 atom stereocenters. The van der Waals surface area contributed by atoms with Crippen LogP contribution in [0.2, 0.25) is 0 Å². The van der Waals surface area contributed by atoms with Crippen LogP contribution in [-0.2, 0) is 33.5 Å². The minimum Gasteiger partial charge on any atom is -0.379 e. The number of methoxy groups -OCH3 is 1. The van der Waals surface area contributed by atoms with E-state index in [4.69, 9.17) is 4.74 Å². The highest BCUT2D eigenvalue weighted by Crippen LogP contribution is 2.48. The van der Waals surface area contributed by atoms with Crippen molar-refractivity contribution in [3.8, 4) is 0 Å². The Hall–Kier alpha value is -2.47. The number of carbonyl (C=O) groups is 6. The second kappa shape index (κ2) is 18.0. The van der Waals surface area contributed by atoms with Crippen LogP contribution in [0, 0.1) is 17.3 Å². The maximum Gasteiger partial charge on any atom is 0.287 e. The third-order valence-corrected chi connectivity index (χ3v) is 11.6. The monoisotopic (exact) mass is 692 g/mol. The Morgan fingerprint density at radius 1 is 1.08 bits per heavy atom. The first-order valence-electron chi connectivity index (χ1n) is 18.0. The molecule has 48 heavy (non-hydrogen) atoms. The molecule has 0 bridgehead atoms. The summed E-state index contributed by atoms with van der Waals surface area (Å²) >= 11 is 1.56. The van der Waals surface area contributed by atoms with Gasteiger partial charge < -0.3 is 19.9 Å². The zero-order valence-electron chi connectivity index (χ0n) is 30.5. The normalized spacial score (nSPS) is 23.9. The average molecular weight is 693 g/mol. The molecule has 11 nitrogen and oxygen atoms in total. The summed E-state index contributed by atoms with van der Waals surface area (Å²) in [5, 5.41) is 2.16. The number of rotatable bonds is 20. The van der Waals surface area contributed by atoms with Gasteiger partial charge in [0.2, 0.25) is 29.4 Å². The summed E-state index contributed by atoms with van der Waals surface area (Å²) in [5.74, 6) is -0.494. The van der Waals surface area contributed by atoms with Crippen LogP contribution in [0.25, 0.3) is 0 Å². The van der Waals surface area contributed by atoms with E-state index < -0.39 is 17.8 Å². The molecule has 2 saturated heterocycles. The fraction of sp³-hybridized carbons (Fsp3) is 0.833. The van der Waals surface area contributed by atoms with Crippen molar-refractivity contribution >= 4 is 47.1 Å². The second-order valence-electron chi connectivity index (χ2n) is 15.3. The maximum atomic E-state index is 13.3. The molecule has 3 aliphatic rings. The summed E-state index contributed by atoms with van der Waals surface area (Å²) in [6, 6.07) is 0.174. The average Bonchev–Trinajstić information content (AvgIpc) is 3.61. The molecule has 0 radical (unpaired) electrons. The lowest BCUT2D eigenvalue weighted by atomic mass is 9.90. The van der Waals surface area contributed by atoms with Gasteiger partial charge in [0, 0.05) is 45.6 Å². The van der Waals surface area contributed by atoms with Crippen molar-refractivity contribution in [1.82, 2.24) is 20.0 Å². The number of likely N-dealkylation sites (N-methyl/N-ethyl adjacent to an activating group) is 1. The Bertz CT molecular complexity index is 1170. The molecule has 0 aromatic carbocycles. The van der Waals surface area contributed by atoms with Crippen LogP contribution >= 0.6 is 11.8 Å². The lowest BCUT2D eigenvalue weighted by molar-refractivity contribution is -0.144. The number of imide groups is 1. The van der Waals surface area contributed by atoms with E-state index in [1.807, 2.05) is 18.7 Å². The molecule has 3 rings (SSSR count). The van der Waals surface area contributed by atoms with Crippen molar-refractivity contribution in [2.75, 3.05) is 33.0 Å². The van der Waals surface area contributed by atoms with E-state index in [1.54, 1.807) is 30.8 Å². The van der Waals surface area contributed by atoms with Gasteiger partial charge >= 0.3 is 0 Å². The van der Waals surface area contributed by atoms with Crippen molar-refractivity contribution in [2.45, 2.75) is 142 Å². The number of likely N-dealkylation sites (tertiary alicyclic amines) is 2. The number of ketones is 1. The highest BCUT2D eigenvalue weighted by atomic mass is 32.2. The lowest BCUT2D eigenvalue weighted by Gasteiger charge is -2.38. The number of ether oxygens (including phenoxy) is 1. The Balaban J connectivity index is 1.38. The largest absolute Gasteiger partial charge is 0.379 e. The standard InChI is InChI=1S/C36H60N4O7S/c1-9-23(2)33(28(47-8)20-31(43)40-24(3)18-25-19-26(25)40)38(7)32(44)22-37-34(45)27(41)14-11-10-12-16-39-30(42)21-29(35(39)46)48-17-13-15-36(4,5)6/h23-26,28-29,33H,9-22H2,1-8H3,(H,37,45). The molecule has 2 heterocycles. The van der Waals surface area contributed by atoms with Crippen LogP contribution < -0.4 is 5.32 Å². The lowest BCUT2D eigenvalue weighted by Crippen LogP contribution is -2.53. The summed E-state index contributed by atoms with van der Waals surface area (Å²) in [4.78, 5) is 81.6. The smallest absolute Gasteiger partial charge is 0.287 e. The van der Waals surface area contributed by atoms with Crippen LogP contribution in [0.15, 0.2) is 0 Å². The molecule has 272 valence electrons. The van der Waals surface area contributed by atoms with E-state index in [9.17, 15) is 28.8 Å². The molecule has 1 aliphatic carbocycles. The predicted molar refractivity (Wildman–Crippen MR) is 187 cm³/mol. The molecule has 0 aromatic heterocycles. The van der Waals surface area contributed by atoms with Gasteiger partial charge in [0.05, 0.1) is 30.4 Å². The van der Waals surface area contributed by atoms with E-state index in [-0.39, 0.29) is 78.1 Å². The molecule has 1 saturated carbocycles. The molecule has 3 fully saturated rings. The number of carbonyl (C=O) groups excluding carboxylic acids is 6. The van der Waals surface area contributed by atoms with Gasteiger partial charge in [-0.05, 0) is 68.5 Å². The van der Waals surface area contributed by atoms with Crippen molar-refractivity contribution in [3.05, 3.63) is 0 Å². The van der Waals surface area contributed by atoms with Gasteiger partial charge in [-0.2, -0.15) is 0 Å². The molecule has 0 spiro atoms. The molecule has 12 heteroatoms. The van der Waals surface area contributed by atoms with Crippen LogP contribution in [0.5, 0.6) is 0 Å². The number of amides is 5.